The van der Waals surface area contributed by atoms with Crippen molar-refractivity contribution in [1.82, 2.24) is 0 Å². The van der Waals surface area contributed by atoms with Crippen molar-refractivity contribution in [2.45, 2.75) is 26.2 Å². The van der Waals surface area contributed by atoms with Crippen LogP contribution in [0.5, 0.6) is 0 Å². The molecule has 0 aliphatic rings. The molecular formula is C50H37NO2. The van der Waals surface area contributed by atoms with Gasteiger partial charge in [0.15, 0.2) is 0 Å². The van der Waals surface area contributed by atoms with E-state index >= 15 is 0 Å². The predicted octanol–water partition coefficient (Wildman–Crippen LogP) is 14.7. The van der Waals surface area contributed by atoms with Crippen molar-refractivity contribution in [3.05, 3.63) is 175 Å². The SMILES string of the molecule is CC(C)(C)c1ccc(N(c2ccc3c(c2)oc2ccccc23)c2ccc3ccccc3c2-c2cccc3oc4ccccc4c23)c(-c2ccccc2)c1. The van der Waals surface area contributed by atoms with Crippen molar-refractivity contribution in [3.63, 3.8) is 0 Å². The summed E-state index contributed by atoms with van der Waals surface area (Å²) >= 11 is 0. The number of nitrogens with zero attached hydrogens (tertiary/aromatic N) is 1. The number of hydrogen-bond acceptors (Lipinski definition) is 3. The summed E-state index contributed by atoms with van der Waals surface area (Å²) in [5, 5.41) is 6.78. The molecule has 8 aromatic carbocycles. The van der Waals surface area contributed by atoms with Gasteiger partial charge in [-0.1, -0.05) is 136 Å². The van der Waals surface area contributed by atoms with Crippen LogP contribution in [-0.4, -0.2) is 0 Å². The lowest BCUT2D eigenvalue weighted by atomic mass is 9.84. The van der Waals surface area contributed by atoms with Gasteiger partial charge in [0, 0.05) is 44.4 Å². The molecule has 0 aliphatic carbocycles. The van der Waals surface area contributed by atoms with Crippen molar-refractivity contribution in [2.24, 2.45) is 0 Å². The largest absolute Gasteiger partial charge is 0.456 e. The molecule has 254 valence electrons. The Morgan fingerprint density at radius 1 is 0.434 bits per heavy atom. The van der Waals surface area contributed by atoms with Crippen LogP contribution in [0.4, 0.5) is 17.1 Å². The number of furan rings is 2. The molecule has 2 heterocycles. The van der Waals surface area contributed by atoms with E-state index in [0.717, 1.165) is 83.2 Å². The second kappa shape index (κ2) is 12.0. The van der Waals surface area contributed by atoms with E-state index < -0.39 is 0 Å². The maximum absolute atomic E-state index is 6.54. The molecule has 0 radical (unpaired) electrons. The molecule has 0 saturated carbocycles. The van der Waals surface area contributed by atoms with Crippen LogP contribution in [0.15, 0.2) is 179 Å². The van der Waals surface area contributed by atoms with Gasteiger partial charge in [0.2, 0.25) is 0 Å². The molecule has 3 heteroatoms. The average Bonchev–Trinajstić information content (AvgIpc) is 3.76. The quantitative estimate of drug-likeness (QED) is 0.181. The number of hydrogen-bond donors (Lipinski definition) is 0. The van der Waals surface area contributed by atoms with Crippen LogP contribution in [0.25, 0.3) is 76.9 Å². The van der Waals surface area contributed by atoms with Crippen LogP contribution < -0.4 is 4.90 Å². The zero-order chi connectivity index (χ0) is 35.7. The number of para-hydroxylation sites is 2. The number of anilines is 3. The Hall–Kier alpha value is -6.58. The first-order valence-electron chi connectivity index (χ1n) is 18.3. The van der Waals surface area contributed by atoms with Gasteiger partial charge in [-0.3, -0.25) is 0 Å². The van der Waals surface area contributed by atoms with Gasteiger partial charge in [-0.25, -0.2) is 0 Å². The smallest absolute Gasteiger partial charge is 0.137 e. The summed E-state index contributed by atoms with van der Waals surface area (Å²) in [4.78, 5) is 2.43. The topological polar surface area (TPSA) is 29.5 Å². The molecule has 0 spiro atoms. The van der Waals surface area contributed by atoms with Gasteiger partial charge in [0.1, 0.15) is 22.3 Å². The third-order valence-corrected chi connectivity index (χ3v) is 10.6. The molecule has 0 aliphatic heterocycles. The van der Waals surface area contributed by atoms with E-state index in [9.17, 15) is 0 Å². The van der Waals surface area contributed by atoms with Crippen molar-refractivity contribution in [2.75, 3.05) is 4.90 Å². The summed E-state index contributed by atoms with van der Waals surface area (Å²) in [5.41, 5.74) is 12.5. The Balaban J connectivity index is 1.34. The molecular weight excluding hydrogens is 647 g/mol. The van der Waals surface area contributed by atoms with Crippen LogP contribution in [0.3, 0.4) is 0 Å². The fraction of sp³-hybridized carbons (Fsp3) is 0.0800. The first-order chi connectivity index (χ1) is 25.9. The fourth-order valence-corrected chi connectivity index (χ4v) is 8.02. The lowest BCUT2D eigenvalue weighted by Gasteiger charge is -2.32. The van der Waals surface area contributed by atoms with Gasteiger partial charge in [-0.05, 0) is 81.4 Å². The normalized spacial score (nSPS) is 12.1. The van der Waals surface area contributed by atoms with E-state index in [1.165, 1.54) is 16.3 Å². The zero-order valence-electron chi connectivity index (χ0n) is 29.9. The molecule has 2 aromatic heterocycles. The lowest BCUT2D eigenvalue weighted by molar-refractivity contribution is 0.590. The van der Waals surface area contributed by atoms with Crippen LogP contribution in [-0.2, 0) is 5.41 Å². The Morgan fingerprint density at radius 2 is 1.08 bits per heavy atom. The molecule has 0 unspecified atom stereocenters. The molecule has 0 N–H and O–H groups in total. The van der Waals surface area contributed by atoms with E-state index in [0.29, 0.717) is 0 Å². The van der Waals surface area contributed by atoms with Crippen molar-refractivity contribution >= 4 is 71.7 Å². The van der Waals surface area contributed by atoms with Gasteiger partial charge in [0.05, 0.1) is 11.4 Å². The Bertz CT molecular complexity index is 3000. The van der Waals surface area contributed by atoms with Gasteiger partial charge in [0.25, 0.3) is 0 Å². The van der Waals surface area contributed by atoms with Gasteiger partial charge >= 0.3 is 0 Å². The highest BCUT2D eigenvalue weighted by molar-refractivity contribution is 6.18. The van der Waals surface area contributed by atoms with Gasteiger partial charge < -0.3 is 13.7 Å². The molecule has 0 saturated heterocycles. The highest BCUT2D eigenvalue weighted by Crippen LogP contribution is 2.50. The number of rotatable bonds is 5. The van der Waals surface area contributed by atoms with Crippen LogP contribution in [0, 0.1) is 0 Å². The maximum atomic E-state index is 6.54. The van der Waals surface area contributed by atoms with Gasteiger partial charge in [-0.15, -0.1) is 0 Å². The van der Waals surface area contributed by atoms with Crippen LogP contribution in [0.1, 0.15) is 26.3 Å². The van der Waals surface area contributed by atoms with Crippen molar-refractivity contribution < 1.29 is 8.83 Å². The zero-order valence-corrected chi connectivity index (χ0v) is 29.9. The van der Waals surface area contributed by atoms with Crippen LogP contribution in [0.2, 0.25) is 0 Å². The van der Waals surface area contributed by atoms with Gasteiger partial charge in [-0.2, -0.15) is 0 Å². The minimum atomic E-state index is -0.0355. The molecule has 0 amide bonds. The molecule has 3 nitrogen and oxygen atoms in total. The highest BCUT2D eigenvalue weighted by Gasteiger charge is 2.26. The molecule has 0 atom stereocenters. The minimum absolute atomic E-state index is 0.0355. The first kappa shape index (κ1) is 31.2. The molecule has 0 fully saturated rings. The fourth-order valence-electron chi connectivity index (χ4n) is 8.02. The number of fused-ring (bicyclic) bond motifs is 7. The van der Waals surface area contributed by atoms with E-state index in [2.05, 4.69) is 177 Å². The van der Waals surface area contributed by atoms with E-state index in [1.807, 2.05) is 18.2 Å². The summed E-state index contributed by atoms with van der Waals surface area (Å²) in [5.74, 6) is 0. The second-order valence-electron chi connectivity index (χ2n) is 14.9. The second-order valence-corrected chi connectivity index (χ2v) is 14.9. The molecule has 10 aromatic rings. The summed E-state index contributed by atoms with van der Waals surface area (Å²) in [6, 6.07) is 60.7. The third kappa shape index (κ3) is 5.11. The monoisotopic (exact) mass is 683 g/mol. The summed E-state index contributed by atoms with van der Waals surface area (Å²) in [6.45, 7) is 6.84. The standard InChI is InChI=1S/C50H37NO2/c1-50(2,3)34-25-29-42(41(30-34)32-14-5-4-6-15-32)51(35-26-27-38-37-18-9-11-21-44(37)53-47(38)31-35)43-28-24-33-16-7-8-17-36(33)48(43)40-20-13-23-46-49(40)39-19-10-12-22-45(39)52-46/h4-31H,1-3H3. The van der Waals surface area contributed by atoms with E-state index in [4.69, 9.17) is 8.83 Å². The summed E-state index contributed by atoms with van der Waals surface area (Å²) in [7, 11) is 0. The highest BCUT2D eigenvalue weighted by atomic mass is 16.3. The Labute approximate surface area is 308 Å². The minimum Gasteiger partial charge on any atom is -0.456 e. The molecule has 0 bridgehead atoms. The van der Waals surface area contributed by atoms with Crippen molar-refractivity contribution in [1.29, 1.82) is 0 Å². The Kier molecular flexibility index (Phi) is 7.06. The van der Waals surface area contributed by atoms with E-state index in [1.54, 1.807) is 0 Å². The third-order valence-electron chi connectivity index (χ3n) is 10.6. The van der Waals surface area contributed by atoms with Crippen molar-refractivity contribution in [3.8, 4) is 22.3 Å². The average molecular weight is 684 g/mol. The maximum Gasteiger partial charge on any atom is 0.137 e. The molecule has 53 heavy (non-hydrogen) atoms. The lowest BCUT2D eigenvalue weighted by Crippen LogP contribution is -2.15. The predicted molar refractivity (Wildman–Crippen MR) is 223 cm³/mol. The van der Waals surface area contributed by atoms with E-state index in [-0.39, 0.29) is 5.41 Å². The summed E-state index contributed by atoms with van der Waals surface area (Å²) < 4.78 is 13.0. The molecule has 10 rings (SSSR count). The number of benzene rings is 8. The first-order valence-corrected chi connectivity index (χ1v) is 18.3. The summed E-state index contributed by atoms with van der Waals surface area (Å²) in [6.07, 6.45) is 0. The van der Waals surface area contributed by atoms with Crippen LogP contribution >= 0.6 is 0 Å². The Morgan fingerprint density at radius 3 is 1.89 bits per heavy atom.